The lowest BCUT2D eigenvalue weighted by atomic mass is 10.2. The zero-order chi connectivity index (χ0) is 13.7. The van der Waals surface area contributed by atoms with Crippen molar-refractivity contribution in [3.8, 4) is 5.75 Å². The van der Waals surface area contributed by atoms with Crippen LogP contribution < -0.4 is 10.1 Å². The normalized spacial score (nSPS) is 16.6. The molecule has 4 heteroatoms. The molecule has 1 atom stereocenters. The Morgan fingerprint density at radius 1 is 1.37 bits per heavy atom. The second-order valence-corrected chi connectivity index (χ2v) is 5.38. The summed E-state index contributed by atoms with van der Waals surface area (Å²) in [4.78, 5) is 2.14. The van der Waals surface area contributed by atoms with Gasteiger partial charge in [0.2, 0.25) is 0 Å². The van der Waals surface area contributed by atoms with Gasteiger partial charge in [-0.15, -0.1) is 0 Å². The molecule has 1 aliphatic carbocycles. The Kier molecular flexibility index (Phi) is 5.19. The van der Waals surface area contributed by atoms with E-state index in [0.717, 1.165) is 12.3 Å². The zero-order valence-corrected chi connectivity index (χ0v) is 11.8. The predicted molar refractivity (Wildman–Crippen MR) is 76.4 cm³/mol. The molecule has 0 saturated heterocycles. The van der Waals surface area contributed by atoms with Crippen molar-refractivity contribution in [1.82, 2.24) is 10.2 Å². The Bertz CT molecular complexity index is 376. The maximum Gasteiger partial charge on any atom is 0.118 e. The molecule has 1 fully saturated rings. The van der Waals surface area contributed by atoms with E-state index in [9.17, 15) is 5.11 Å². The summed E-state index contributed by atoms with van der Waals surface area (Å²) in [5, 5.41) is 13.3. The van der Waals surface area contributed by atoms with E-state index in [4.69, 9.17) is 4.74 Å². The van der Waals surface area contributed by atoms with E-state index in [2.05, 4.69) is 22.3 Å². The lowest BCUT2D eigenvalue weighted by Gasteiger charge is -2.21. The van der Waals surface area contributed by atoms with Gasteiger partial charge in [0, 0.05) is 25.7 Å². The Balaban J connectivity index is 1.70. The summed E-state index contributed by atoms with van der Waals surface area (Å²) in [6, 6.07) is 8.71. The van der Waals surface area contributed by atoms with Crippen LogP contribution in [-0.2, 0) is 6.54 Å². The first kappa shape index (κ1) is 14.3. The average molecular weight is 264 g/mol. The molecule has 0 aromatic heterocycles. The number of nitrogens with one attached hydrogen (secondary N) is 1. The van der Waals surface area contributed by atoms with E-state index < -0.39 is 0 Å². The van der Waals surface area contributed by atoms with Gasteiger partial charge in [-0.05, 0) is 37.6 Å². The van der Waals surface area contributed by atoms with Crippen LogP contribution in [0, 0.1) is 0 Å². The molecule has 1 aromatic carbocycles. The van der Waals surface area contributed by atoms with Crippen LogP contribution in [0.2, 0.25) is 0 Å². The highest BCUT2D eigenvalue weighted by Gasteiger charge is 2.21. The molecule has 1 aliphatic rings. The first-order valence-electron chi connectivity index (χ1n) is 6.90. The molecule has 4 nitrogen and oxygen atoms in total. The van der Waals surface area contributed by atoms with E-state index in [-0.39, 0.29) is 6.10 Å². The van der Waals surface area contributed by atoms with Crippen molar-refractivity contribution >= 4 is 0 Å². The number of ether oxygens (including phenoxy) is 1. The van der Waals surface area contributed by atoms with Gasteiger partial charge in [-0.1, -0.05) is 12.1 Å². The van der Waals surface area contributed by atoms with Crippen LogP contribution in [0.5, 0.6) is 5.75 Å². The van der Waals surface area contributed by atoms with Gasteiger partial charge < -0.3 is 15.2 Å². The third-order valence-electron chi connectivity index (χ3n) is 3.35. The molecule has 106 valence electrons. The van der Waals surface area contributed by atoms with Gasteiger partial charge in [-0.2, -0.15) is 0 Å². The maximum absolute atomic E-state index is 9.93. The van der Waals surface area contributed by atoms with E-state index in [1.807, 2.05) is 19.2 Å². The van der Waals surface area contributed by atoms with Crippen molar-refractivity contribution in [2.45, 2.75) is 31.5 Å². The smallest absolute Gasteiger partial charge is 0.118 e. The number of methoxy groups -OCH3 is 1. The predicted octanol–water partition coefficient (Wildman–Crippen LogP) is 1.24. The fourth-order valence-electron chi connectivity index (χ4n) is 2.12. The standard InChI is InChI=1S/C15H24N2O2/c1-17(11-14(18)9-16-13-5-6-13)10-12-3-7-15(19-2)8-4-12/h3-4,7-8,13-14,16,18H,5-6,9-11H2,1-2H3. The lowest BCUT2D eigenvalue weighted by Crippen LogP contribution is -2.37. The van der Waals surface area contributed by atoms with Gasteiger partial charge in [0.05, 0.1) is 13.2 Å². The summed E-state index contributed by atoms with van der Waals surface area (Å²) in [7, 11) is 3.70. The number of aliphatic hydroxyl groups is 1. The Hall–Kier alpha value is -1.10. The van der Waals surface area contributed by atoms with E-state index >= 15 is 0 Å². The van der Waals surface area contributed by atoms with Crippen LogP contribution in [0.1, 0.15) is 18.4 Å². The van der Waals surface area contributed by atoms with Crippen molar-refractivity contribution < 1.29 is 9.84 Å². The molecule has 1 unspecified atom stereocenters. The summed E-state index contributed by atoms with van der Waals surface area (Å²) in [6.07, 6.45) is 2.21. The molecular weight excluding hydrogens is 240 g/mol. The van der Waals surface area contributed by atoms with E-state index in [0.29, 0.717) is 19.1 Å². The molecular formula is C15H24N2O2. The average Bonchev–Trinajstić information content (AvgIpc) is 3.21. The minimum atomic E-state index is -0.302. The van der Waals surface area contributed by atoms with Gasteiger partial charge in [-0.25, -0.2) is 0 Å². The zero-order valence-electron chi connectivity index (χ0n) is 11.8. The van der Waals surface area contributed by atoms with Crippen molar-refractivity contribution in [2.24, 2.45) is 0 Å². The first-order chi connectivity index (χ1) is 9.17. The molecule has 1 aromatic rings. The van der Waals surface area contributed by atoms with Crippen LogP contribution in [0.3, 0.4) is 0 Å². The monoisotopic (exact) mass is 264 g/mol. The minimum absolute atomic E-state index is 0.302. The van der Waals surface area contributed by atoms with Crippen LogP contribution in [-0.4, -0.2) is 49.4 Å². The number of hydrogen-bond acceptors (Lipinski definition) is 4. The van der Waals surface area contributed by atoms with Crippen molar-refractivity contribution in [2.75, 3.05) is 27.2 Å². The van der Waals surface area contributed by atoms with Crippen LogP contribution in [0.25, 0.3) is 0 Å². The second-order valence-electron chi connectivity index (χ2n) is 5.38. The Morgan fingerprint density at radius 3 is 2.63 bits per heavy atom. The SMILES string of the molecule is COc1ccc(CN(C)CC(O)CNC2CC2)cc1. The lowest BCUT2D eigenvalue weighted by molar-refractivity contribution is 0.121. The van der Waals surface area contributed by atoms with Gasteiger partial charge in [-0.3, -0.25) is 4.90 Å². The number of rotatable bonds is 8. The Morgan fingerprint density at radius 2 is 2.05 bits per heavy atom. The van der Waals surface area contributed by atoms with Crippen molar-refractivity contribution in [3.05, 3.63) is 29.8 Å². The molecule has 0 bridgehead atoms. The third kappa shape index (κ3) is 5.19. The number of nitrogens with zero attached hydrogens (tertiary/aromatic N) is 1. The molecule has 0 spiro atoms. The summed E-state index contributed by atoms with van der Waals surface area (Å²) >= 11 is 0. The summed E-state index contributed by atoms with van der Waals surface area (Å²) in [6.45, 7) is 2.22. The molecule has 0 aliphatic heterocycles. The molecule has 2 N–H and O–H groups in total. The van der Waals surface area contributed by atoms with Crippen LogP contribution in [0.4, 0.5) is 0 Å². The van der Waals surface area contributed by atoms with Crippen molar-refractivity contribution in [3.63, 3.8) is 0 Å². The first-order valence-corrected chi connectivity index (χ1v) is 6.90. The Labute approximate surface area is 115 Å². The molecule has 19 heavy (non-hydrogen) atoms. The van der Waals surface area contributed by atoms with Gasteiger partial charge in [0.1, 0.15) is 5.75 Å². The molecule has 0 radical (unpaired) electrons. The minimum Gasteiger partial charge on any atom is -0.497 e. The van der Waals surface area contributed by atoms with Crippen LogP contribution in [0.15, 0.2) is 24.3 Å². The highest BCUT2D eigenvalue weighted by Crippen LogP contribution is 2.18. The van der Waals surface area contributed by atoms with Gasteiger partial charge in [0.25, 0.3) is 0 Å². The fraction of sp³-hybridized carbons (Fsp3) is 0.600. The quantitative estimate of drug-likeness (QED) is 0.741. The molecule has 0 heterocycles. The summed E-state index contributed by atoms with van der Waals surface area (Å²) in [5.74, 6) is 0.875. The molecule has 2 rings (SSSR count). The third-order valence-corrected chi connectivity index (χ3v) is 3.35. The highest BCUT2D eigenvalue weighted by atomic mass is 16.5. The summed E-state index contributed by atoms with van der Waals surface area (Å²) < 4.78 is 5.14. The summed E-state index contributed by atoms with van der Waals surface area (Å²) in [5.41, 5.74) is 1.23. The number of aliphatic hydroxyl groups excluding tert-OH is 1. The molecule has 1 saturated carbocycles. The van der Waals surface area contributed by atoms with E-state index in [1.165, 1.54) is 18.4 Å². The number of hydrogen-bond donors (Lipinski definition) is 2. The van der Waals surface area contributed by atoms with Gasteiger partial charge in [0.15, 0.2) is 0 Å². The number of benzene rings is 1. The van der Waals surface area contributed by atoms with Gasteiger partial charge >= 0.3 is 0 Å². The fourth-order valence-corrected chi connectivity index (χ4v) is 2.12. The molecule has 0 amide bonds. The highest BCUT2D eigenvalue weighted by molar-refractivity contribution is 5.27. The maximum atomic E-state index is 9.93. The van der Waals surface area contributed by atoms with Crippen LogP contribution >= 0.6 is 0 Å². The topological polar surface area (TPSA) is 44.7 Å². The van der Waals surface area contributed by atoms with Crippen molar-refractivity contribution in [1.29, 1.82) is 0 Å². The second kappa shape index (κ2) is 6.89. The number of likely N-dealkylation sites (N-methyl/N-ethyl adjacent to an activating group) is 1. The largest absolute Gasteiger partial charge is 0.497 e. The van der Waals surface area contributed by atoms with E-state index in [1.54, 1.807) is 7.11 Å².